The van der Waals surface area contributed by atoms with Crippen molar-refractivity contribution >= 4 is 49.6 Å². The van der Waals surface area contributed by atoms with Crippen molar-refractivity contribution in [3.8, 4) is 39.1 Å². The number of hydrogen-bond acceptors (Lipinski definition) is 1. The zero-order valence-electron chi connectivity index (χ0n) is 36.8. The van der Waals surface area contributed by atoms with Crippen LogP contribution in [-0.4, -0.2) is 4.57 Å². The first kappa shape index (κ1) is 38.7. The van der Waals surface area contributed by atoms with Crippen LogP contribution in [0.3, 0.4) is 0 Å². The van der Waals surface area contributed by atoms with Crippen LogP contribution in [0.25, 0.3) is 71.6 Å². The number of nitrogens with zero attached hydrogens (tertiary/aromatic N) is 2. The largest absolute Gasteiger partial charge is 0.310 e. The van der Waals surface area contributed by atoms with Crippen molar-refractivity contribution < 1.29 is 0 Å². The van der Waals surface area contributed by atoms with Gasteiger partial charge in [0.1, 0.15) is 0 Å². The van der Waals surface area contributed by atoms with Crippen LogP contribution in [0.5, 0.6) is 0 Å². The summed E-state index contributed by atoms with van der Waals surface area (Å²) in [6.07, 6.45) is 0. The Morgan fingerprint density at radius 3 is 1.51 bits per heavy atom. The number of aromatic nitrogens is 1. The molecule has 0 aliphatic heterocycles. The Morgan fingerprint density at radius 2 is 0.821 bits per heavy atom. The van der Waals surface area contributed by atoms with E-state index < -0.39 is 5.41 Å². The number of para-hydroxylation sites is 1. The highest BCUT2D eigenvalue weighted by Gasteiger charge is 2.46. The minimum atomic E-state index is -0.509. The van der Waals surface area contributed by atoms with Gasteiger partial charge < -0.3 is 9.47 Å². The topological polar surface area (TPSA) is 8.17 Å². The molecule has 0 unspecified atom stereocenters. The predicted molar refractivity (Wildman–Crippen MR) is 281 cm³/mol. The molecule has 0 N–H and O–H groups in total. The molecule has 67 heavy (non-hydrogen) atoms. The maximum atomic E-state index is 2.45. The van der Waals surface area contributed by atoms with Crippen molar-refractivity contribution in [1.29, 1.82) is 0 Å². The Bertz CT molecular complexity index is 3720. The Morgan fingerprint density at radius 1 is 0.313 bits per heavy atom. The Hall–Kier alpha value is -8.72. The molecule has 12 aromatic rings. The quantitative estimate of drug-likeness (QED) is 0.148. The van der Waals surface area contributed by atoms with Crippen molar-refractivity contribution in [1.82, 2.24) is 4.57 Å². The van der Waals surface area contributed by atoms with Gasteiger partial charge in [-0.05, 0) is 133 Å². The van der Waals surface area contributed by atoms with Gasteiger partial charge in [0.25, 0.3) is 0 Å². The summed E-state index contributed by atoms with van der Waals surface area (Å²) in [6.45, 7) is 0. The normalized spacial score (nSPS) is 12.6. The number of rotatable bonds is 8. The van der Waals surface area contributed by atoms with Crippen molar-refractivity contribution in [3.63, 3.8) is 0 Å². The molecule has 1 aliphatic carbocycles. The number of benzene rings is 11. The number of anilines is 3. The van der Waals surface area contributed by atoms with Crippen LogP contribution in [0.4, 0.5) is 17.1 Å². The van der Waals surface area contributed by atoms with Gasteiger partial charge in [-0.1, -0.05) is 200 Å². The van der Waals surface area contributed by atoms with Gasteiger partial charge in [0, 0.05) is 33.5 Å². The van der Waals surface area contributed by atoms with E-state index in [1.165, 1.54) is 88.2 Å². The third kappa shape index (κ3) is 6.18. The Balaban J connectivity index is 0.978. The molecule has 314 valence electrons. The lowest BCUT2D eigenvalue weighted by Crippen LogP contribution is -2.28. The smallest absolute Gasteiger partial charge is 0.0714 e. The molecule has 0 saturated carbocycles. The van der Waals surface area contributed by atoms with Gasteiger partial charge in [-0.2, -0.15) is 0 Å². The second kappa shape index (κ2) is 15.8. The average molecular weight is 853 g/mol. The van der Waals surface area contributed by atoms with E-state index in [-0.39, 0.29) is 0 Å². The van der Waals surface area contributed by atoms with Crippen LogP contribution in [0.2, 0.25) is 0 Å². The summed E-state index contributed by atoms with van der Waals surface area (Å²) in [5.74, 6) is 0. The SMILES string of the molecule is c1ccc(-c2ccc(N(c3ccc(-c4ccc5c(c4)c4c6ccccc6ccc4n5-c4ccccc4)cc3)c3ccc4c(c3)C(c3ccccc3)(c3ccccc3)c3ccccc3-4)cc2)cc1. The lowest BCUT2D eigenvalue weighted by molar-refractivity contribution is 0.768. The summed E-state index contributed by atoms with van der Waals surface area (Å²) in [6, 6.07) is 98.0. The van der Waals surface area contributed by atoms with Crippen LogP contribution in [0.1, 0.15) is 22.3 Å². The van der Waals surface area contributed by atoms with Gasteiger partial charge in [0.2, 0.25) is 0 Å². The molecular formula is C65H44N2. The van der Waals surface area contributed by atoms with Crippen molar-refractivity contribution in [2.45, 2.75) is 5.41 Å². The average Bonchev–Trinajstić information content (AvgIpc) is 3.91. The summed E-state index contributed by atoms with van der Waals surface area (Å²) in [5, 5.41) is 5.04. The molecule has 0 spiro atoms. The van der Waals surface area contributed by atoms with Crippen LogP contribution in [0, 0.1) is 0 Å². The fourth-order valence-electron chi connectivity index (χ4n) is 11.1. The highest BCUT2D eigenvalue weighted by Crippen LogP contribution is 2.57. The fraction of sp³-hybridized carbons (Fsp3) is 0.0154. The highest BCUT2D eigenvalue weighted by molar-refractivity contribution is 6.22. The molecule has 13 rings (SSSR count). The van der Waals surface area contributed by atoms with Gasteiger partial charge in [0.15, 0.2) is 0 Å². The Kier molecular flexibility index (Phi) is 9.11. The van der Waals surface area contributed by atoms with E-state index in [0.717, 1.165) is 22.7 Å². The monoisotopic (exact) mass is 852 g/mol. The van der Waals surface area contributed by atoms with Crippen LogP contribution < -0.4 is 4.90 Å². The molecule has 0 radical (unpaired) electrons. The van der Waals surface area contributed by atoms with Gasteiger partial charge in [-0.3, -0.25) is 0 Å². The van der Waals surface area contributed by atoms with Gasteiger partial charge in [-0.15, -0.1) is 0 Å². The first-order valence-electron chi connectivity index (χ1n) is 23.2. The predicted octanol–water partition coefficient (Wildman–Crippen LogP) is 17.1. The standard InChI is InChI=1S/C65H44N2/c1-5-17-45(18-6-1)46-29-35-53(36-30-46)66(55-39-40-58-57-27-15-16-28-60(57)65(61(58)44-55,50-20-7-2-8-21-50)51-22-9-3-10-23-51)54-37-31-47(32-38-54)49-34-41-62-59(43-49)64-56-26-14-13-19-48(56)33-42-63(64)67(62)52-24-11-4-12-25-52/h1-44H. The number of fused-ring (bicyclic) bond motifs is 8. The summed E-state index contributed by atoms with van der Waals surface area (Å²) >= 11 is 0. The van der Waals surface area contributed by atoms with Crippen molar-refractivity contribution in [2.24, 2.45) is 0 Å². The van der Waals surface area contributed by atoms with E-state index >= 15 is 0 Å². The van der Waals surface area contributed by atoms with E-state index in [4.69, 9.17) is 0 Å². The van der Waals surface area contributed by atoms with Crippen LogP contribution in [0.15, 0.2) is 267 Å². The summed E-state index contributed by atoms with van der Waals surface area (Å²) < 4.78 is 2.41. The Labute approximate surface area is 390 Å². The second-order valence-corrected chi connectivity index (χ2v) is 17.6. The van der Waals surface area contributed by atoms with Crippen molar-refractivity contribution in [2.75, 3.05) is 4.90 Å². The molecule has 0 amide bonds. The summed E-state index contributed by atoms with van der Waals surface area (Å²) in [4.78, 5) is 2.42. The minimum absolute atomic E-state index is 0.509. The van der Waals surface area contributed by atoms with Gasteiger partial charge >= 0.3 is 0 Å². The first-order chi connectivity index (χ1) is 33.2. The van der Waals surface area contributed by atoms with Gasteiger partial charge in [-0.25, -0.2) is 0 Å². The lowest BCUT2D eigenvalue weighted by atomic mass is 9.67. The lowest BCUT2D eigenvalue weighted by Gasteiger charge is -2.35. The zero-order chi connectivity index (χ0) is 44.3. The fourth-order valence-corrected chi connectivity index (χ4v) is 11.1. The molecule has 1 heterocycles. The molecule has 1 aliphatic rings. The maximum Gasteiger partial charge on any atom is 0.0714 e. The third-order valence-corrected chi connectivity index (χ3v) is 14.1. The summed E-state index contributed by atoms with van der Waals surface area (Å²) in [7, 11) is 0. The molecule has 11 aromatic carbocycles. The van der Waals surface area contributed by atoms with Crippen molar-refractivity contribution in [3.05, 3.63) is 289 Å². The highest BCUT2D eigenvalue weighted by atomic mass is 15.1. The molecule has 0 saturated heterocycles. The molecule has 2 heteroatoms. The molecule has 0 fully saturated rings. The second-order valence-electron chi connectivity index (χ2n) is 17.6. The van der Waals surface area contributed by atoms with E-state index in [1.54, 1.807) is 0 Å². The molecule has 1 aromatic heterocycles. The minimum Gasteiger partial charge on any atom is -0.310 e. The van der Waals surface area contributed by atoms with E-state index in [0.29, 0.717) is 0 Å². The molecule has 2 nitrogen and oxygen atoms in total. The van der Waals surface area contributed by atoms with Gasteiger partial charge in [0.05, 0.1) is 16.4 Å². The first-order valence-corrected chi connectivity index (χ1v) is 23.2. The van der Waals surface area contributed by atoms with Crippen LogP contribution in [-0.2, 0) is 5.41 Å². The third-order valence-electron chi connectivity index (χ3n) is 14.1. The molecular weight excluding hydrogens is 809 g/mol. The summed E-state index contributed by atoms with van der Waals surface area (Å²) in [5.41, 5.74) is 18.7. The molecule has 0 bridgehead atoms. The van der Waals surface area contributed by atoms with E-state index in [9.17, 15) is 0 Å². The van der Waals surface area contributed by atoms with Crippen LogP contribution >= 0.6 is 0 Å². The van der Waals surface area contributed by atoms with E-state index in [1.807, 2.05) is 0 Å². The maximum absolute atomic E-state index is 2.45. The zero-order valence-corrected chi connectivity index (χ0v) is 36.8. The molecule has 0 atom stereocenters. The van der Waals surface area contributed by atoms with E-state index in [2.05, 4.69) is 276 Å². The number of hydrogen-bond donors (Lipinski definition) is 0.